The Morgan fingerprint density at radius 2 is 1.85 bits per heavy atom. The summed E-state index contributed by atoms with van der Waals surface area (Å²) in [7, 11) is 0. The van der Waals surface area contributed by atoms with Gasteiger partial charge in [0.25, 0.3) is 5.91 Å². The van der Waals surface area contributed by atoms with E-state index in [4.69, 9.17) is 10.2 Å². The fraction of sp³-hybridized carbons (Fsp3) is 0.571. The zero-order chi connectivity index (χ0) is 17.9. The average Bonchev–Trinajstić information content (AvgIpc) is 3.06. The Hall–Kier alpha value is -1.46. The molecule has 1 aromatic carbocycles. The quantitative estimate of drug-likeness (QED) is 0.854. The van der Waals surface area contributed by atoms with Crippen LogP contribution in [0.4, 0.5) is 0 Å². The number of amides is 1. The maximum Gasteiger partial charge on any atom is 0.289 e. The van der Waals surface area contributed by atoms with Crippen LogP contribution in [0.25, 0.3) is 11.0 Å². The number of thioether (sulfide) groups is 1. The lowest BCUT2D eigenvalue weighted by Gasteiger charge is -2.29. The third-order valence-corrected chi connectivity index (χ3v) is 7.13. The van der Waals surface area contributed by atoms with Gasteiger partial charge in [0.2, 0.25) is 0 Å². The molecule has 0 unspecified atom stereocenters. The molecule has 5 heteroatoms. The Balaban J connectivity index is 1.57. The smallest absolute Gasteiger partial charge is 0.289 e. The van der Waals surface area contributed by atoms with E-state index < -0.39 is 0 Å². The van der Waals surface area contributed by atoms with Gasteiger partial charge in [0.15, 0.2) is 5.76 Å². The first kappa shape index (κ1) is 17.9. The molecule has 0 atom stereocenters. The molecule has 1 amide bonds. The Kier molecular flexibility index (Phi) is 5.55. The molecule has 140 valence electrons. The number of furan rings is 1. The Morgan fingerprint density at radius 1 is 1.12 bits per heavy atom. The fourth-order valence-electron chi connectivity index (χ4n) is 4.09. The van der Waals surface area contributed by atoms with Crippen molar-refractivity contribution < 1.29 is 9.21 Å². The Bertz CT molecular complexity index is 758. The molecular formula is C21H28N2O2S. The summed E-state index contributed by atoms with van der Waals surface area (Å²) < 4.78 is 6.05. The van der Waals surface area contributed by atoms with Crippen LogP contribution in [-0.4, -0.2) is 35.2 Å². The van der Waals surface area contributed by atoms with Gasteiger partial charge in [-0.3, -0.25) is 4.79 Å². The molecule has 2 fully saturated rings. The van der Waals surface area contributed by atoms with Gasteiger partial charge in [-0.25, -0.2) is 0 Å². The lowest BCUT2D eigenvalue weighted by Crippen LogP contribution is -2.42. The largest absolute Gasteiger partial charge is 0.451 e. The molecule has 2 aliphatic rings. The third kappa shape index (κ3) is 3.79. The average molecular weight is 373 g/mol. The molecule has 1 aliphatic heterocycles. The summed E-state index contributed by atoms with van der Waals surface area (Å²) in [6, 6.07) is 8.26. The van der Waals surface area contributed by atoms with E-state index >= 15 is 0 Å². The molecule has 4 rings (SSSR count). The van der Waals surface area contributed by atoms with Gasteiger partial charge in [-0.2, -0.15) is 11.8 Å². The number of fused-ring (bicyclic) bond motifs is 1. The Morgan fingerprint density at radius 3 is 2.62 bits per heavy atom. The highest BCUT2D eigenvalue weighted by Crippen LogP contribution is 2.35. The lowest BCUT2D eigenvalue weighted by molar-refractivity contribution is 0.0684. The predicted molar refractivity (Wildman–Crippen MR) is 107 cm³/mol. The number of hydrogen-bond acceptors (Lipinski definition) is 4. The number of carbonyl (C=O) groups excluding carboxylic acids is 1. The van der Waals surface area contributed by atoms with Crippen LogP contribution >= 0.6 is 11.8 Å². The Labute approximate surface area is 159 Å². The predicted octanol–water partition coefficient (Wildman–Crippen LogP) is 4.56. The highest BCUT2D eigenvalue weighted by atomic mass is 32.2. The van der Waals surface area contributed by atoms with Crippen LogP contribution in [0.1, 0.15) is 61.1 Å². The number of nitrogens with zero attached hydrogens (tertiary/aromatic N) is 1. The van der Waals surface area contributed by atoms with Gasteiger partial charge in [-0.05, 0) is 31.7 Å². The minimum atomic E-state index is 0.0346. The number of likely N-dealkylation sites (tertiary alicyclic amines) is 1. The van der Waals surface area contributed by atoms with Gasteiger partial charge >= 0.3 is 0 Å². The number of para-hydroxylation sites is 1. The van der Waals surface area contributed by atoms with E-state index in [-0.39, 0.29) is 11.9 Å². The van der Waals surface area contributed by atoms with E-state index in [9.17, 15) is 4.79 Å². The van der Waals surface area contributed by atoms with Crippen LogP contribution in [-0.2, 0) is 5.75 Å². The second-order valence-electron chi connectivity index (χ2n) is 7.61. The molecule has 1 saturated heterocycles. The highest BCUT2D eigenvalue weighted by molar-refractivity contribution is 7.99. The molecule has 0 radical (unpaired) electrons. The highest BCUT2D eigenvalue weighted by Gasteiger charge is 2.28. The van der Waals surface area contributed by atoms with Crippen molar-refractivity contribution in [1.82, 2.24) is 4.90 Å². The molecule has 2 aromatic rings. The first-order valence-electron chi connectivity index (χ1n) is 9.89. The van der Waals surface area contributed by atoms with Crippen molar-refractivity contribution in [2.24, 2.45) is 5.73 Å². The molecule has 0 bridgehead atoms. The van der Waals surface area contributed by atoms with Crippen molar-refractivity contribution in [3.8, 4) is 0 Å². The number of carbonyl (C=O) groups is 1. The van der Waals surface area contributed by atoms with Crippen molar-refractivity contribution in [3.63, 3.8) is 0 Å². The van der Waals surface area contributed by atoms with Gasteiger partial charge in [0.05, 0.1) is 0 Å². The summed E-state index contributed by atoms with van der Waals surface area (Å²) in [6.45, 7) is 1.46. The van der Waals surface area contributed by atoms with Crippen LogP contribution in [0.5, 0.6) is 0 Å². The summed E-state index contributed by atoms with van der Waals surface area (Å²) >= 11 is 2.00. The van der Waals surface area contributed by atoms with Gasteiger partial charge in [0, 0.05) is 41.1 Å². The van der Waals surface area contributed by atoms with Crippen LogP contribution in [0.3, 0.4) is 0 Å². The topological polar surface area (TPSA) is 59.5 Å². The molecule has 2 N–H and O–H groups in total. The maximum absolute atomic E-state index is 13.1. The SMILES string of the molecule is NC1CCN(C(=O)c2oc3ccccc3c2CSC2CCCCC2)CC1. The lowest BCUT2D eigenvalue weighted by atomic mass is 10.0. The third-order valence-electron chi connectivity index (χ3n) is 5.73. The first-order valence-corrected chi connectivity index (χ1v) is 10.9. The molecule has 2 heterocycles. The van der Waals surface area contributed by atoms with Crippen LogP contribution in [0, 0.1) is 0 Å². The summed E-state index contributed by atoms with van der Waals surface area (Å²) in [4.78, 5) is 15.0. The number of benzene rings is 1. The van der Waals surface area contributed by atoms with Crippen molar-refractivity contribution in [1.29, 1.82) is 0 Å². The first-order chi connectivity index (χ1) is 12.7. The van der Waals surface area contributed by atoms with Gasteiger partial charge in [-0.15, -0.1) is 0 Å². The molecule has 26 heavy (non-hydrogen) atoms. The normalized spacial score (nSPS) is 20.0. The minimum Gasteiger partial charge on any atom is -0.451 e. The number of piperidine rings is 1. The van der Waals surface area contributed by atoms with Crippen molar-refractivity contribution in [2.75, 3.05) is 13.1 Å². The van der Waals surface area contributed by atoms with Crippen molar-refractivity contribution in [2.45, 2.75) is 62.0 Å². The fourth-order valence-corrected chi connectivity index (χ4v) is 5.45. The van der Waals surface area contributed by atoms with Crippen LogP contribution in [0.2, 0.25) is 0 Å². The molecule has 4 nitrogen and oxygen atoms in total. The van der Waals surface area contributed by atoms with E-state index in [2.05, 4.69) is 6.07 Å². The van der Waals surface area contributed by atoms with Crippen molar-refractivity contribution in [3.05, 3.63) is 35.6 Å². The minimum absolute atomic E-state index is 0.0346. The van der Waals surface area contributed by atoms with Crippen LogP contribution in [0.15, 0.2) is 28.7 Å². The molecule has 1 saturated carbocycles. The van der Waals surface area contributed by atoms with Crippen molar-refractivity contribution >= 4 is 28.6 Å². The zero-order valence-electron chi connectivity index (χ0n) is 15.3. The van der Waals surface area contributed by atoms with E-state index in [1.165, 1.54) is 32.1 Å². The monoisotopic (exact) mass is 372 g/mol. The van der Waals surface area contributed by atoms with Gasteiger partial charge in [-0.1, -0.05) is 37.5 Å². The molecule has 0 spiro atoms. The summed E-state index contributed by atoms with van der Waals surface area (Å²) in [5, 5.41) is 1.81. The number of nitrogens with two attached hydrogens (primary N) is 1. The van der Waals surface area contributed by atoms with Gasteiger partial charge < -0.3 is 15.1 Å². The summed E-state index contributed by atoms with van der Waals surface area (Å²) in [6.07, 6.45) is 8.39. The zero-order valence-corrected chi connectivity index (χ0v) is 16.1. The second-order valence-corrected chi connectivity index (χ2v) is 8.90. The number of rotatable bonds is 4. The van der Waals surface area contributed by atoms with E-state index in [1.54, 1.807) is 0 Å². The standard InChI is InChI=1S/C21H28N2O2S/c22-15-10-12-23(13-11-15)21(24)20-18(14-26-16-6-2-1-3-7-16)17-8-4-5-9-19(17)25-20/h4-5,8-9,15-16H,1-3,6-7,10-14,22H2. The van der Waals surface area contributed by atoms with Gasteiger partial charge in [0.1, 0.15) is 5.58 Å². The molecular weight excluding hydrogens is 344 g/mol. The van der Waals surface area contributed by atoms with E-state index in [0.29, 0.717) is 11.0 Å². The molecule has 1 aromatic heterocycles. The molecule has 1 aliphatic carbocycles. The summed E-state index contributed by atoms with van der Waals surface area (Å²) in [5.74, 6) is 1.44. The van der Waals surface area contributed by atoms with Crippen LogP contribution < -0.4 is 5.73 Å². The maximum atomic E-state index is 13.1. The van der Waals surface area contributed by atoms with E-state index in [1.807, 2.05) is 34.9 Å². The summed E-state index contributed by atoms with van der Waals surface area (Å²) in [5.41, 5.74) is 7.90. The van der Waals surface area contributed by atoms with E-state index in [0.717, 1.165) is 48.2 Å². The second kappa shape index (κ2) is 8.05. The number of hydrogen-bond donors (Lipinski definition) is 1.